The largest absolute Gasteiger partial charge is 0.324 e. The van der Waals surface area contributed by atoms with Crippen LogP contribution in [0.3, 0.4) is 0 Å². The highest BCUT2D eigenvalue weighted by molar-refractivity contribution is 5.85. The number of nitrogens with zero attached hydrogens (tertiary/aromatic N) is 3. The maximum atomic E-state index is 5.51. The minimum Gasteiger partial charge on any atom is -0.324 e. The Kier molecular flexibility index (Phi) is 4.45. The van der Waals surface area contributed by atoms with Crippen LogP contribution in [0.25, 0.3) is 0 Å². The molecule has 1 fully saturated rings. The first-order chi connectivity index (χ1) is 6.79. The van der Waals surface area contributed by atoms with Gasteiger partial charge in [-0.1, -0.05) is 0 Å². The van der Waals surface area contributed by atoms with Crippen molar-refractivity contribution in [2.75, 3.05) is 20.1 Å². The third-order valence-electron chi connectivity index (χ3n) is 2.72. The lowest BCUT2D eigenvalue weighted by Crippen LogP contribution is -2.14. The molecule has 0 bridgehead atoms. The van der Waals surface area contributed by atoms with Crippen LogP contribution in [0.5, 0.6) is 0 Å². The van der Waals surface area contributed by atoms with Gasteiger partial charge in [0.15, 0.2) is 0 Å². The molecule has 0 aromatic carbocycles. The molecule has 2 heterocycles. The van der Waals surface area contributed by atoms with E-state index in [4.69, 9.17) is 5.73 Å². The Balaban J connectivity index is 0.00000112. The SMILES string of the molecule is CN1CCC(c2ccnc(CN)n2)C1.Cl. The van der Waals surface area contributed by atoms with Gasteiger partial charge >= 0.3 is 0 Å². The number of aromatic nitrogens is 2. The fraction of sp³-hybridized carbons (Fsp3) is 0.600. The first-order valence-electron chi connectivity index (χ1n) is 5.00. The monoisotopic (exact) mass is 228 g/mol. The summed E-state index contributed by atoms with van der Waals surface area (Å²) < 4.78 is 0. The minimum absolute atomic E-state index is 0. The van der Waals surface area contributed by atoms with Crippen LogP contribution >= 0.6 is 12.4 Å². The molecule has 1 atom stereocenters. The van der Waals surface area contributed by atoms with Crippen LogP contribution in [0.4, 0.5) is 0 Å². The summed E-state index contributed by atoms with van der Waals surface area (Å²) in [5.41, 5.74) is 6.65. The molecule has 2 rings (SSSR count). The first kappa shape index (κ1) is 12.4. The molecular weight excluding hydrogens is 212 g/mol. The lowest BCUT2D eigenvalue weighted by Gasteiger charge is -2.10. The average molecular weight is 229 g/mol. The Hall–Kier alpha value is -0.710. The fourth-order valence-electron chi connectivity index (χ4n) is 1.92. The van der Waals surface area contributed by atoms with E-state index < -0.39 is 0 Å². The normalized spacial score (nSPS) is 21.3. The quantitative estimate of drug-likeness (QED) is 0.813. The second kappa shape index (κ2) is 5.39. The van der Waals surface area contributed by atoms with Gasteiger partial charge in [-0.05, 0) is 26.1 Å². The Bertz CT molecular complexity index is 318. The van der Waals surface area contributed by atoms with Crippen molar-refractivity contribution in [1.29, 1.82) is 0 Å². The van der Waals surface area contributed by atoms with E-state index >= 15 is 0 Å². The zero-order chi connectivity index (χ0) is 9.97. The zero-order valence-corrected chi connectivity index (χ0v) is 9.70. The van der Waals surface area contributed by atoms with Gasteiger partial charge in [0.25, 0.3) is 0 Å². The molecule has 1 aromatic rings. The van der Waals surface area contributed by atoms with Gasteiger partial charge < -0.3 is 10.6 Å². The van der Waals surface area contributed by atoms with Crippen molar-refractivity contribution in [2.24, 2.45) is 5.73 Å². The van der Waals surface area contributed by atoms with Crippen molar-refractivity contribution in [3.8, 4) is 0 Å². The van der Waals surface area contributed by atoms with E-state index in [1.165, 1.54) is 6.42 Å². The minimum atomic E-state index is 0. The molecule has 5 heteroatoms. The molecule has 0 amide bonds. The Morgan fingerprint density at radius 2 is 2.40 bits per heavy atom. The second-order valence-electron chi connectivity index (χ2n) is 3.85. The zero-order valence-electron chi connectivity index (χ0n) is 8.89. The van der Waals surface area contributed by atoms with Crippen LogP contribution in [-0.2, 0) is 6.54 Å². The summed E-state index contributed by atoms with van der Waals surface area (Å²) >= 11 is 0. The first-order valence-corrected chi connectivity index (χ1v) is 5.00. The van der Waals surface area contributed by atoms with Crippen molar-refractivity contribution in [2.45, 2.75) is 18.9 Å². The molecule has 0 saturated carbocycles. The topological polar surface area (TPSA) is 55.0 Å². The van der Waals surface area contributed by atoms with Crippen molar-refractivity contribution in [1.82, 2.24) is 14.9 Å². The number of likely N-dealkylation sites (N-methyl/N-ethyl adjacent to an activating group) is 1. The smallest absolute Gasteiger partial charge is 0.142 e. The van der Waals surface area contributed by atoms with Crippen molar-refractivity contribution in [3.63, 3.8) is 0 Å². The fourth-order valence-corrected chi connectivity index (χ4v) is 1.92. The predicted octanol–water partition coefficient (Wildman–Crippen LogP) is 0.776. The number of hydrogen-bond donors (Lipinski definition) is 1. The molecule has 0 spiro atoms. The standard InChI is InChI=1S/C10H16N4.ClH/c1-14-5-3-8(7-14)9-2-4-12-10(6-11)13-9;/h2,4,8H,3,5-7,11H2,1H3;1H. The molecule has 1 aliphatic rings. The van der Waals surface area contributed by atoms with Gasteiger partial charge in [0.2, 0.25) is 0 Å². The summed E-state index contributed by atoms with van der Waals surface area (Å²) in [4.78, 5) is 10.9. The maximum absolute atomic E-state index is 5.51. The lowest BCUT2D eigenvalue weighted by atomic mass is 10.1. The van der Waals surface area contributed by atoms with E-state index in [-0.39, 0.29) is 12.4 Å². The van der Waals surface area contributed by atoms with Gasteiger partial charge in [-0.15, -0.1) is 12.4 Å². The van der Waals surface area contributed by atoms with Crippen LogP contribution in [0.15, 0.2) is 12.3 Å². The van der Waals surface area contributed by atoms with Gasteiger partial charge in [-0.25, -0.2) is 9.97 Å². The summed E-state index contributed by atoms with van der Waals surface area (Å²) in [7, 11) is 2.14. The van der Waals surface area contributed by atoms with E-state index in [0.717, 1.165) is 24.6 Å². The molecule has 15 heavy (non-hydrogen) atoms. The van der Waals surface area contributed by atoms with Crippen LogP contribution < -0.4 is 5.73 Å². The van der Waals surface area contributed by atoms with E-state index in [0.29, 0.717) is 12.5 Å². The maximum Gasteiger partial charge on any atom is 0.142 e. The van der Waals surface area contributed by atoms with Gasteiger partial charge in [-0.2, -0.15) is 0 Å². The van der Waals surface area contributed by atoms with E-state index in [1.807, 2.05) is 12.3 Å². The molecule has 0 radical (unpaired) electrons. The predicted molar refractivity (Wildman–Crippen MR) is 62.0 cm³/mol. The van der Waals surface area contributed by atoms with Crippen LogP contribution in [-0.4, -0.2) is 35.0 Å². The van der Waals surface area contributed by atoms with E-state index in [2.05, 4.69) is 21.9 Å². The highest BCUT2D eigenvalue weighted by atomic mass is 35.5. The number of halogens is 1. The van der Waals surface area contributed by atoms with Crippen LogP contribution in [0, 0.1) is 0 Å². The average Bonchev–Trinajstić information content (AvgIpc) is 2.65. The summed E-state index contributed by atoms with van der Waals surface area (Å²) in [6.07, 6.45) is 3.00. The molecule has 1 unspecified atom stereocenters. The molecule has 1 aliphatic heterocycles. The lowest BCUT2D eigenvalue weighted by molar-refractivity contribution is 0.410. The van der Waals surface area contributed by atoms with E-state index in [9.17, 15) is 0 Å². The highest BCUT2D eigenvalue weighted by Crippen LogP contribution is 2.24. The van der Waals surface area contributed by atoms with Crippen molar-refractivity contribution < 1.29 is 0 Å². The summed E-state index contributed by atoms with van der Waals surface area (Å²) in [6.45, 7) is 2.68. The third-order valence-corrected chi connectivity index (χ3v) is 2.72. The Labute approximate surface area is 96.3 Å². The van der Waals surface area contributed by atoms with Crippen LogP contribution in [0.2, 0.25) is 0 Å². The Morgan fingerprint density at radius 3 is 3.00 bits per heavy atom. The molecule has 1 saturated heterocycles. The molecule has 4 nitrogen and oxygen atoms in total. The summed E-state index contributed by atoms with van der Waals surface area (Å²) in [6, 6.07) is 2.00. The van der Waals surface area contributed by atoms with Crippen LogP contribution in [0.1, 0.15) is 23.9 Å². The molecule has 0 aliphatic carbocycles. The number of hydrogen-bond acceptors (Lipinski definition) is 4. The molecule has 84 valence electrons. The van der Waals surface area contributed by atoms with Crippen molar-refractivity contribution in [3.05, 3.63) is 23.8 Å². The van der Waals surface area contributed by atoms with Gasteiger partial charge in [0.05, 0.1) is 6.54 Å². The molecule has 2 N–H and O–H groups in total. The second-order valence-corrected chi connectivity index (χ2v) is 3.85. The Morgan fingerprint density at radius 1 is 1.60 bits per heavy atom. The van der Waals surface area contributed by atoms with Crippen molar-refractivity contribution >= 4 is 12.4 Å². The van der Waals surface area contributed by atoms with Gasteiger partial charge in [0, 0.05) is 24.4 Å². The number of likely N-dealkylation sites (tertiary alicyclic amines) is 1. The number of rotatable bonds is 2. The highest BCUT2D eigenvalue weighted by Gasteiger charge is 2.22. The number of nitrogens with two attached hydrogens (primary N) is 1. The third kappa shape index (κ3) is 2.87. The summed E-state index contributed by atoms with van der Waals surface area (Å²) in [5, 5.41) is 0. The molecule has 1 aromatic heterocycles. The molecular formula is C10H17ClN4. The van der Waals surface area contributed by atoms with Gasteiger partial charge in [-0.3, -0.25) is 0 Å². The van der Waals surface area contributed by atoms with Gasteiger partial charge in [0.1, 0.15) is 5.82 Å². The van der Waals surface area contributed by atoms with E-state index in [1.54, 1.807) is 0 Å². The summed E-state index contributed by atoms with van der Waals surface area (Å²) in [5.74, 6) is 1.31.